The molecule has 0 aliphatic carbocycles. The molecule has 0 aromatic rings. The largest absolute Gasteiger partial charge is 0.481 e. The molecule has 0 saturated carbocycles. The summed E-state index contributed by atoms with van der Waals surface area (Å²) in [5.41, 5.74) is 5.46. The van der Waals surface area contributed by atoms with E-state index in [-0.39, 0.29) is 37.7 Å². The third-order valence-electron chi connectivity index (χ3n) is 4.15. The van der Waals surface area contributed by atoms with Crippen LogP contribution in [0.25, 0.3) is 0 Å². The van der Waals surface area contributed by atoms with Crippen LogP contribution in [0, 0.1) is 0 Å². The SMILES string of the molecule is NCCCC[C@H](NC(=O)CCCN1C(=O)C=CC1=O)C(=O)NCCCC(=O)O. The number of aliphatic carboxylic acids is 1. The Morgan fingerprint density at radius 2 is 1.71 bits per heavy atom. The molecule has 10 nitrogen and oxygen atoms in total. The van der Waals surface area contributed by atoms with E-state index in [9.17, 15) is 24.0 Å². The van der Waals surface area contributed by atoms with Gasteiger partial charge in [0.2, 0.25) is 11.8 Å². The van der Waals surface area contributed by atoms with Crippen LogP contribution in [0.5, 0.6) is 0 Å². The molecular formula is C18H28N4O6. The summed E-state index contributed by atoms with van der Waals surface area (Å²) in [5, 5.41) is 13.9. The monoisotopic (exact) mass is 396 g/mol. The van der Waals surface area contributed by atoms with E-state index in [1.165, 1.54) is 12.2 Å². The molecule has 0 bridgehead atoms. The lowest BCUT2D eigenvalue weighted by Crippen LogP contribution is -2.47. The molecule has 0 spiro atoms. The Labute approximate surface area is 163 Å². The van der Waals surface area contributed by atoms with Gasteiger partial charge in [0.25, 0.3) is 11.8 Å². The van der Waals surface area contributed by atoms with Crippen molar-refractivity contribution in [1.82, 2.24) is 15.5 Å². The molecule has 28 heavy (non-hydrogen) atoms. The number of carbonyl (C=O) groups excluding carboxylic acids is 4. The van der Waals surface area contributed by atoms with Crippen molar-refractivity contribution in [2.75, 3.05) is 19.6 Å². The minimum absolute atomic E-state index is 0.0483. The van der Waals surface area contributed by atoms with Gasteiger partial charge in [-0.1, -0.05) is 0 Å². The number of nitrogens with two attached hydrogens (primary N) is 1. The number of carboxylic acid groups (broad SMARTS) is 1. The number of carbonyl (C=O) groups is 5. The predicted octanol–water partition coefficient (Wildman–Crippen LogP) is -0.714. The number of nitrogens with zero attached hydrogens (tertiary/aromatic N) is 1. The summed E-state index contributed by atoms with van der Waals surface area (Å²) in [6, 6.07) is -0.736. The maximum absolute atomic E-state index is 12.3. The first-order valence-corrected chi connectivity index (χ1v) is 9.37. The zero-order valence-corrected chi connectivity index (χ0v) is 15.8. The topological polar surface area (TPSA) is 159 Å². The quantitative estimate of drug-likeness (QED) is 0.223. The second-order valence-corrected chi connectivity index (χ2v) is 6.46. The molecule has 0 unspecified atom stereocenters. The summed E-state index contributed by atoms with van der Waals surface area (Å²) < 4.78 is 0. The summed E-state index contributed by atoms with van der Waals surface area (Å²) in [7, 11) is 0. The van der Waals surface area contributed by atoms with E-state index >= 15 is 0 Å². The molecule has 1 atom stereocenters. The number of unbranched alkanes of at least 4 members (excludes halogenated alkanes) is 1. The minimum Gasteiger partial charge on any atom is -0.481 e. The molecule has 1 rings (SSSR count). The highest BCUT2D eigenvalue weighted by Crippen LogP contribution is 2.06. The summed E-state index contributed by atoms with van der Waals surface area (Å²) in [4.78, 5) is 58.9. The highest BCUT2D eigenvalue weighted by molar-refractivity contribution is 6.12. The molecule has 10 heteroatoms. The van der Waals surface area contributed by atoms with Gasteiger partial charge in [0.05, 0.1) is 0 Å². The maximum Gasteiger partial charge on any atom is 0.303 e. The lowest BCUT2D eigenvalue weighted by Gasteiger charge is -2.19. The fraction of sp³-hybridized carbons (Fsp3) is 0.611. The van der Waals surface area contributed by atoms with Crippen molar-refractivity contribution >= 4 is 29.6 Å². The van der Waals surface area contributed by atoms with Crippen LogP contribution in [0.1, 0.15) is 44.9 Å². The summed E-state index contributed by atoms with van der Waals surface area (Å²) >= 11 is 0. The fourth-order valence-electron chi connectivity index (χ4n) is 2.65. The molecule has 4 amide bonds. The maximum atomic E-state index is 12.3. The van der Waals surface area contributed by atoms with Gasteiger partial charge in [-0.2, -0.15) is 0 Å². The van der Waals surface area contributed by atoms with Gasteiger partial charge in [0.15, 0.2) is 0 Å². The zero-order chi connectivity index (χ0) is 20.9. The van der Waals surface area contributed by atoms with E-state index < -0.39 is 23.8 Å². The van der Waals surface area contributed by atoms with E-state index in [0.29, 0.717) is 38.6 Å². The number of hydrogen-bond acceptors (Lipinski definition) is 6. The van der Waals surface area contributed by atoms with Crippen LogP contribution >= 0.6 is 0 Å². The van der Waals surface area contributed by atoms with Crippen molar-refractivity contribution < 1.29 is 29.1 Å². The first-order valence-electron chi connectivity index (χ1n) is 9.37. The predicted molar refractivity (Wildman–Crippen MR) is 99.8 cm³/mol. The summed E-state index contributed by atoms with van der Waals surface area (Å²) in [6.07, 6.45) is 4.77. The second-order valence-electron chi connectivity index (χ2n) is 6.46. The van der Waals surface area contributed by atoms with Crippen molar-refractivity contribution in [3.63, 3.8) is 0 Å². The van der Waals surface area contributed by atoms with Gasteiger partial charge >= 0.3 is 5.97 Å². The fourth-order valence-corrected chi connectivity index (χ4v) is 2.65. The molecule has 0 aromatic heterocycles. The van der Waals surface area contributed by atoms with Crippen LogP contribution in [0.2, 0.25) is 0 Å². The first-order chi connectivity index (χ1) is 13.3. The smallest absolute Gasteiger partial charge is 0.303 e. The number of carboxylic acids is 1. The lowest BCUT2D eigenvalue weighted by atomic mass is 10.1. The Balaban J connectivity index is 2.41. The van der Waals surface area contributed by atoms with E-state index in [2.05, 4.69) is 10.6 Å². The summed E-state index contributed by atoms with van der Waals surface area (Å²) in [6.45, 7) is 0.824. The highest BCUT2D eigenvalue weighted by Gasteiger charge is 2.24. The van der Waals surface area contributed by atoms with E-state index in [1.54, 1.807) is 0 Å². The summed E-state index contributed by atoms with van der Waals surface area (Å²) in [5.74, 6) is -2.46. The van der Waals surface area contributed by atoms with Gasteiger partial charge in [0.1, 0.15) is 6.04 Å². The highest BCUT2D eigenvalue weighted by atomic mass is 16.4. The number of amides is 4. The molecular weight excluding hydrogens is 368 g/mol. The van der Waals surface area contributed by atoms with Gasteiger partial charge in [-0.15, -0.1) is 0 Å². The minimum atomic E-state index is -0.938. The third kappa shape index (κ3) is 8.76. The van der Waals surface area contributed by atoms with Gasteiger partial charge < -0.3 is 21.5 Å². The van der Waals surface area contributed by atoms with Crippen LogP contribution < -0.4 is 16.4 Å². The Morgan fingerprint density at radius 3 is 2.32 bits per heavy atom. The van der Waals surface area contributed by atoms with Crippen molar-refractivity contribution in [3.05, 3.63) is 12.2 Å². The Hall–Kier alpha value is -2.75. The average molecular weight is 396 g/mol. The van der Waals surface area contributed by atoms with Crippen molar-refractivity contribution in [3.8, 4) is 0 Å². The number of imide groups is 1. The number of hydrogen-bond donors (Lipinski definition) is 4. The Bertz CT molecular complexity index is 601. The van der Waals surface area contributed by atoms with Gasteiger partial charge in [0, 0.05) is 38.1 Å². The van der Waals surface area contributed by atoms with E-state index in [4.69, 9.17) is 10.8 Å². The third-order valence-corrected chi connectivity index (χ3v) is 4.15. The van der Waals surface area contributed by atoms with Gasteiger partial charge in [-0.05, 0) is 38.6 Å². The van der Waals surface area contributed by atoms with Crippen molar-refractivity contribution in [1.29, 1.82) is 0 Å². The first kappa shape index (κ1) is 23.3. The van der Waals surface area contributed by atoms with Crippen LogP contribution in [-0.2, 0) is 24.0 Å². The van der Waals surface area contributed by atoms with E-state index in [1.807, 2.05) is 0 Å². The van der Waals surface area contributed by atoms with Crippen molar-refractivity contribution in [2.45, 2.75) is 51.0 Å². The Morgan fingerprint density at radius 1 is 1.04 bits per heavy atom. The van der Waals surface area contributed by atoms with Gasteiger partial charge in [-0.25, -0.2) is 0 Å². The molecule has 0 saturated heterocycles. The average Bonchev–Trinajstić information content (AvgIpc) is 2.96. The van der Waals surface area contributed by atoms with Crippen LogP contribution in [0.4, 0.5) is 0 Å². The molecule has 0 aromatic carbocycles. The molecule has 5 N–H and O–H groups in total. The van der Waals surface area contributed by atoms with Crippen LogP contribution in [0.3, 0.4) is 0 Å². The molecule has 156 valence electrons. The van der Waals surface area contributed by atoms with Crippen LogP contribution in [0.15, 0.2) is 12.2 Å². The molecule has 0 radical (unpaired) electrons. The second kappa shape index (κ2) is 12.6. The molecule has 1 aliphatic rings. The van der Waals surface area contributed by atoms with Crippen molar-refractivity contribution in [2.24, 2.45) is 5.73 Å². The molecule has 1 aliphatic heterocycles. The normalized spacial score (nSPS) is 14.2. The molecule has 0 fully saturated rings. The Kier molecular flexibility index (Phi) is 10.5. The number of rotatable bonds is 14. The molecule has 1 heterocycles. The van der Waals surface area contributed by atoms with E-state index in [0.717, 1.165) is 4.90 Å². The van der Waals surface area contributed by atoms with Gasteiger partial charge in [-0.3, -0.25) is 28.9 Å². The van der Waals surface area contributed by atoms with Crippen LogP contribution in [-0.4, -0.2) is 65.3 Å². The number of nitrogens with one attached hydrogen (secondary N) is 2. The zero-order valence-electron chi connectivity index (χ0n) is 15.8. The lowest BCUT2D eigenvalue weighted by molar-refractivity contribution is -0.138. The standard InChI is InChI=1S/C18H28N4O6/c19-10-2-1-5-13(18(28)20-11-3-7-17(26)27)21-14(23)6-4-12-22-15(24)8-9-16(22)25/h8-9,13H,1-7,10-12,19H2,(H,20,28)(H,21,23)(H,26,27)/t13-/m0/s1.